The van der Waals surface area contributed by atoms with Crippen molar-refractivity contribution in [1.82, 2.24) is 0 Å². The molecular weight excluding hydrogens is 364 g/mol. The maximum atomic E-state index is 11.3. The molecule has 2 rings (SSSR count). The van der Waals surface area contributed by atoms with Gasteiger partial charge in [-0.1, -0.05) is 0 Å². The number of aliphatic hydroxyl groups is 7. The highest BCUT2D eigenvalue weighted by molar-refractivity contribution is 5.73. The minimum atomic E-state index is -2.15. The minimum absolute atomic E-state index is 1.12. The van der Waals surface area contributed by atoms with Crippen LogP contribution in [-0.2, 0) is 23.7 Å². The molecule has 2 saturated heterocycles. The molecule has 0 aromatic carbocycles. The van der Waals surface area contributed by atoms with E-state index in [9.17, 15) is 40.5 Å². The summed E-state index contributed by atoms with van der Waals surface area (Å²) >= 11 is 0. The smallest absolute Gasteiger partial charge is 0.335 e. The molecule has 6 unspecified atom stereocenters. The first kappa shape index (κ1) is 21.3. The third-order valence-corrected chi connectivity index (χ3v) is 4.24. The lowest BCUT2D eigenvalue weighted by atomic mass is 9.96. The molecule has 26 heavy (non-hydrogen) atoms. The van der Waals surface area contributed by atoms with E-state index in [-0.39, 0.29) is 0 Å². The molecule has 10 atom stereocenters. The highest BCUT2D eigenvalue weighted by Crippen LogP contribution is 2.30. The van der Waals surface area contributed by atoms with Crippen molar-refractivity contribution in [1.29, 1.82) is 0 Å². The van der Waals surface area contributed by atoms with Crippen LogP contribution in [-0.4, -0.2) is 122 Å². The number of ether oxygens (including phenoxy) is 4. The van der Waals surface area contributed by atoms with Gasteiger partial charge in [-0.15, -0.1) is 0 Å². The van der Waals surface area contributed by atoms with Gasteiger partial charge in [-0.3, -0.25) is 0 Å². The van der Waals surface area contributed by atoms with Crippen molar-refractivity contribution in [2.45, 2.75) is 67.7 Å². The van der Waals surface area contributed by atoms with Gasteiger partial charge in [0.2, 0.25) is 0 Å². The Balaban J connectivity index is 2.22. The van der Waals surface area contributed by atoms with E-state index in [1.807, 2.05) is 0 Å². The van der Waals surface area contributed by atoms with Crippen molar-refractivity contribution in [3.63, 3.8) is 0 Å². The molecule has 0 aromatic heterocycles. The Hall–Kier alpha value is -0.970. The first-order valence-electron chi connectivity index (χ1n) is 7.58. The third-order valence-electron chi connectivity index (χ3n) is 4.24. The molecule has 0 spiro atoms. The predicted molar refractivity (Wildman–Crippen MR) is 75.1 cm³/mol. The predicted octanol–water partition coefficient (Wildman–Crippen LogP) is -5.33. The maximum Gasteiger partial charge on any atom is 0.335 e. The summed E-state index contributed by atoms with van der Waals surface area (Å²) < 4.78 is 19.8. The fourth-order valence-electron chi connectivity index (χ4n) is 2.84. The second-order valence-electron chi connectivity index (χ2n) is 5.93. The van der Waals surface area contributed by atoms with E-state index in [0.717, 1.165) is 7.11 Å². The first-order valence-corrected chi connectivity index (χ1v) is 7.58. The van der Waals surface area contributed by atoms with E-state index in [2.05, 4.69) is 4.74 Å². The zero-order valence-corrected chi connectivity index (χ0v) is 13.5. The van der Waals surface area contributed by atoms with Crippen molar-refractivity contribution in [3.05, 3.63) is 0 Å². The van der Waals surface area contributed by atoms with Crippen molar-refractivity contribution < 1.29 is 64.6 Å². The Bertz CT molecular complexity index is 487. The molecule has 2 aliphatic heterocycles. The van der Waals surface area contributed by atoms with Crippen LogP contribution in [0.4, 0.5) is 0 Å². The summed E-state index contributed by atoms with van der Waals surface area (Å²) in [5.74, 6) is -1.65. The molecule has 0 bridgehead atoms. The number of aliphatic hydroxyl groups excluding tert-OH is 6. The van der Waals surface area contributed by atoms with Gasteiger partial charge in [0.1, 0.15) is 42.7 Å². The van der Waals surface area contributed by atoms with Gasteiger partial charge in [-0.25, -0.2) is 4.79 Å². The number of rotatable bonds is 5. The monoisotopic (exact) mass is 386 g/mol. The highest BCUT2D eigenvalue weighted by Gasteiger charge is 2.53. The summed E-state index contributed by atoms with van der Waals surface area (Å²) in [4.78, 5) is 11.3. The van der Waals surface area contributed by atoms with Crippen LogP contribution in [0, 0.1) is 0 Å². The summed E-state index contributed by atoms with van der Waals surface area (Å²) in [5.41, 5.74) is 0. The largest absolute Gasteiger partial charge is 0.479 e. The van der Waals surface area contributed by atoms with Crippen LogP contribution in [0.5, 0.6) is 0 Å². The van der Waals surface area contributed by atoms with Crippen molar-refractivity contribution in [2.75, 3.05) is 7.11 Å². The maximum absolute atomic E-state index is 11.3. The average Bonchev–Trinajstić information content (AvgIpc) is 2.58. The molecule has 0 saturated carbocycles. The molecule has 8 N–H and O–H groups in total. The number of hydrogen-bond acceptors (Lipinski definition) is 12. The normalized spacial score (nSPS) is 47.1. The minimum Gasteiger partial charge on any atom is -0.479 e. The van der Waals surface area contributed by atoms with Gasteiger partial charge in [0, 0.05) is 7.11 Å². The standard InChI is InChI=1S/C13H22O13/c1-23-6-3(15)5(17)13(26-8(6)10(18)19)25-7-2(14)4(16)12(22)24-9(7)11(20)21/h2-10,12-19,22H,1H3,(H,20,21)/t2-,3?,4?,5?,6?,7-,8+,9?,12+,13?/m0/s1. The van der Waals surface area contributed by atoms with Crippen LogP contribution in [0.3, 0.4) is 0 Å². The number of carboxylic acid groups (broad SMARTS) is 1. The van der Waals surface area contributed by atoms with Crippen LogP contribution in [0.1, 0.15) is 0 Å². The topological polar surface area (TPSA) is 216 Å². The number of hydrogen-bond donors (Lipinski definition) is 8. The summed E-state index contributed by atoms with van der Waals surface area (Å²) in [6.45, 7) is 0. The van der Waals surface area contributed by atoms with Crippen LogP contribution < -0.4 is 0 Å². The molecule has 2 fully saturated rings. The van der Waals surface area contributed by atoms with Crippen LogP contribution in [0.15, 0.2) is 0 Å². The molecule has 0 aromatic rings. The SMILES string of the molecule is COC1C(O)C(O)C(O[C@@H]2C(C(=O)O)O[C@@H](O)C(O)[C@@H]2O)O[C@H]1C(O)O. The molecule has 0 amide bonds. The van der Waals surface area contributed by atoms with E-state index in [1.54, 1.807) is 0 Å². The third kappa shape index (κ3) is 3.97. The molecule has 152 valence electrons. The van der Waals surface area contributed by atoms with Crippen molar-refractivity contribution in [2.24, 2.45) is 0 Å². The fourth-order valence-corrected chi connectivity index (χ4v) is 2.84. The highest BCUT2D eigenvalue weighted by atomic mass is 16.7. The van der Waals surface area contributed by atoms with Gasteiger partial charge >= 0.3 is 5.97 Å². The van der Waals surface area contributed by atoms with Crippen LogP contribution in [0.25, 0.3) is 0 Å². The number of carboxylic acids is 1. The second kappa shape index (κ2) is 8.37. The summed E-state index contributed by atoms with van der Waals surface area (Å²) in [6.07, 6.45) is -20.1. The van der Waals surface area contributed by atoms with Gasteiger partial charge in [0.15, 0.2) is 25.0 Å². The van der Waals surface area contributed by atoms with Gasteiger partial charge in [0.25, 0.3) is 0 Å². The average molecular weight is 386 g/mol. The molecule has 2 heterocycles. The quantitative estimate of drug-likeness (QED) is 0.207. The van der Waals surface area contributed by atoms with Crippen LogP contribution in [0.2, 0.25) is 0 Å². The Morgan fingerprint density at radius 2 is 1.50 bits per heavy atom. The molecule has 13 heteroatoms. The Labute approximate surface area is 146 Å². The molecule has 0 aliphatic carbocycles. The van der Waals surface area contributed by atoms with Crippen molar-refractivity contribution in [3.8, 4) is 0 Å². The lowest BCUT2D eigenvalue weighted by molar-refractivity contribution is -0.365. The fraction of sp³-hybridized carbons (Fsp3) is 0.923. The molecule has 0 radical (unpaired) electrons. The number of carbonyl (C=O) groups is 1. The summed E-state index contributed by atoms with van der Waals surface area (Å²) in [6, 6.07) is 0. The second-order valence-corrected chi connectivity index (χ2v) is 5.93. The summed E-state index contributed by atoms with van der Waals surface area (Å²) in [7, 11) is 1.12. The van der Waals surface area contributed by atoms with E-state index < -0.39 is 73.7 Å². The zero-order chi connectivity index (χ0) is 19.8. The Morgan fingerprint density at radius 3 is 2.00 bits per heavy atom. The zero-order valence-electron chi connectivity index (χ0n) is 13.5. The van der Waals surface area contributed by atoms with Gasteiger partial charge in [-0.05, 0) is 0 Å². The van der Waals surface area contributed by atoms with E-state index >= 15 is 0 Å². The first-order chi connectivity index (χ1) is 12.1. The van der Waals surface area contributed by atoms with E-state index in [4.69, 9.17) is 19.3 Å². The summed E-state index contributed by atoms with van der Waals surface area (Å²) in [5, 5.41) is 76.9. The van der Waals surface area contributed by atoms with Gasteiger partial charge < -0.3 is 59.8 Å². The Kier molecular flexibility index (Phi) is 6.86. The molecular formula is C13H22O13. The van der Waals surface area contributed by atoms with Crippen molar-refractivity contribution >= 4 is 5.97 Å². The van der Waals surface area contributed by atoms with E-state index in [1.165, 1.54) is 0 Å². The van der Waals surface area contributed by atoms with Gasteiger partial charge in [-0.2, -0.15) is 0 Å². The molecule has 13 nitrogen and oxygen atoms in total. The molecule has 2 aliphatic rings. The number of aliphatic carboxylic acids is 1. The van der Waals surface area contributed by atoms with Gasteiger partial charge in [0.05, 0.1) is 0 Å². The van der Waals surface area contributed by atoms with Crippen LogP contribution >= 0.6 is 0 Å². The lowest BCUT2D eigenvalue weighted by Gasteiger charge is -2.45. The lowest BCUT2D eigenvalue weighted by Crippen LogP contribution is -2.66. The number of methoxy groups -OCH3 is 1. The van der Waals surface area contributed by atoms with E-state index in [0.29, 0.717) is 0 Å². The Morgan fingerprint density at radius 1 is 0.923 bits per heavy atom.